The molecule has 0 amide bonds. The number of fused-ring (bicyclic) bond motifs is 10. The molecule has 0 saturated heterocycles. The Kier molecular flexibility index (Phi) is 14.7. The van der Waals surface area contributed by atoms with E-state index >= 15 is 0 Å². The Balaban J connectivity index is 0.000000145. The van der Waals surface area contributed by atoms with Crippen molar-refractivity contribution in [3.63, 3.8) is 0 Å². The van der Waals surface area contributed by atoms with Crippen LogP contribution in [0, 0.1) is 0 Å². The third kappa shape index (κ3) is 9.44. The fourth-order valence-corrected chi connectivity index (χ4v) is 13.1. The minimum absolute atomic E-state index is 0.818. The number of hydrogen-bond acceptors (Lipinski definition) is 4. The van der Waals surface area contributed by atoms with Crippen LogP contribution in [0.5, 0.6) is 0 Å². The first-order valence-corrected chi connectivity index (χ1v) is 32.7. The lowest BCUT2D eigenvalue weighted by Gasteiger charge is -2.08. The van der Waals surface area contributed by atoms with E-state index in [4.69, 9.17) is 17.7 Å². The number of benzene rings is 12. The molecule has 0 aliphatic rings. The number of hydrogen-bond donors (Lipinski definition) is 0. The molecule has 84 heavy (non-hydrogen) atoms. The van der Waals surface area contributed by atoms with Gasteiger partial charge in [-0.1, -0.05) is 243 Å². The van der Waals surface area contributed by atoms with Crippen LogP contribution in [0.25, 0.3) is 155 Å². The monoisotopic (exact) mass is 1340 g/mol. The van der Waals surface area contributed by atoms with E-state index in [1.54, 1.807) is 0 Å². The van der Waals surface area contributed by atoms with Gasteiger partial charge in [0.1, 0.15) is 45.4 Å². The van der Waals surface area contributed by atoms with E-state index in [0.29, 0.717) is 0 Å². The SMILES string of the molecule is BrBr.Brc1cc2c(-c3ccccc3)c(-c3ccccc3)oc2c2c(Br)cc3c(-c4ccccc4)c(-c4ccccc4)oc3c12.c1ccc(-c2oc3c(ccc4c3ccc3c(-c5ccccc5)c(-c5ccccc5)oc34)c2-c2ccccc2)cc1. The molecule has 0 aliphatic heterocycles. The van der Waals surface area contributed by atoms with Crippen LogP contribution in [0.15, 0.2) is 306 Å². The van der Waals surface area contributed by atoms with Gasteiger partial charge in [0.25, 0.3) is 0 Å². The van der Waals surface area contributed by atoms with Crippen LogP contribution in [-0.4, -0.2) is 0 Å². The highest BCUT2D eigenvalue weighted by molar-refractivity contribution is 9.93. The lowest BCUT2D eigenvalue weighted by Crippen LogP contribution is -1.84. The van der Waals surface area contributed by atoms with Gasteiger partial charge in [-0.2, -0.15) is 0 Å². The standard InChI is InChI=1S/C38H22Br2O2.C38H24O2.Br2/c39-29-21-27-31(23-13-5-1-6-14-23)35(25-17-9-3-10-18-25)41-37(27)33-30(40)22-28-32(24-15-7-2-8-16-24)36(42-38(28)34(29)33)26-19-11-4-12-20-26;1-5-13-25(14-6-1)33-31-23-21-30-29(37(31)39-35(33)27-17-9-3-10-18-27)22-24-32-34(26-15-7-2-8-16-26)36(40-38(30)32)28-19-11-4-12-20-28;1-2/h1-22H;1-24H;. The van der Waals surface area contributed by atoms with Crippen molar-refractivity contribution in [1.82, 2.24) is 0 Å². The second-order valence-corrected chi connectivity index (χ2v) is 22.1. The second kappa shape index (κ2) is 23.1. The van der Waals surface area contributed by atoms with Gasteiger partial charge in [-0.3, -0.25) is 0 Å². The maximum absolute atomic E-state index is 6.85. The van der Waals surface area contributed by atoms with E-state index in [1.807, 2.05) is 72.8 Å². The molecule has 4 aromatic heterocycles. The number of halogens is 4. The largest absolute Gasteiger partial charge is 0.455 e. The van der Waals surface area contributed by atoms with Crippen molar-refractivity contribution in [3.05, 3.63) is 288 Å². The molecule has 0 N–H and O–H groups in total. The molecule has 0 radical (unpaired) electrons. The van der Waals surface area contributed by atoms with E-state index in [9.17, 15) is 0 Å². The summed E-state index contributed by atoms with van der Waals surface area (Å²) in [6.45, 7) is 0. The van der Waals surface area contributed by atoms with Crippen LogP contribution < -0.4 is 0 Å². The highest BCUT2D eigenvalue weighted by Crippen LogP contribution is 2.53. The molecule has 0 unspecified atom stereocenters. The zero-order valence-electron chi connectivity index (χ0n) is 44.7. The highest BCUT2D eigenvalue weighted by Gasteiger charge is 2.28. The highest BCUT2D eigenvalue weighted by atomic mass is 80.9. The van der Waals surface area contributed by atoms with Gasteiger partial charge in [-0.25, -0.2) is 0 Å². The van der Waals surface area contributed by atoms with Crippen molar-refractivity contribution < 1.29 is 17.7 Å². The first kappa shape index (κ1) is 53.3. The molecule has 12 aromatic carbocycles. The average molecular weight is 1340 g/mol. The summed E-state index contributed by atoms with van der Waals surface area (Å²) < 4.78 is 29.1. The quantitative estimate of drug-likeness (QED) is 0.152. The van der Waals surface area contributed by atoms with Gasteiger partial charge >= 0.3 is 0 Å². The summed E-state index contributed by atoms with van der Waals surface area (Å²) in [6, 6.07) is 96.3. The molecule has 0 spiro atoms. The van der Waals surface area contributed by atoms with E-state index in [0.717, 1.165) is 164 Å². The Hall–Kier alpha value is -8.76. The summed E-state index contributed by atoms with van der Waals surface area (Å²) in [6.07, 6.45) is 0. The molecule has 16 rings (SSSR count). The van der Waals surface area contributed by atoms with Crippen molar-refractivity contribution in [2.24, 2.45) is 0 Å². The summed E-state index contributed by atoms with van der Waals surface area (Å²) in [7, 11) is 0. The molecular weight excluding hydrogens is 1300 g/mol. The molecule has 4 nitrogen and oxygen atoms in total. The van der Waals surface area contributed by atoms with Crippen LogP contribution in [0.1, 0.15) is 0 Å². The Bertz CT molecular complexity index is 4680. The Morgan fingerprint density at radius 3 is 0.655 bits per heavy atom. The topological polar surface area (TPSA) is 52.6 Å². The third-order valence-electron chi connectivity index (χ3n) is 15.5. The van der Waals surface area contributed by atoms with Gasteiger partial charge in [0.05, 0.1) is 0 Å². The molecule has 0 fully saturated rings. The van der Waals surface area contributed by atoms with Crippen LogP contribution in [0.2, 0.25) is 0 Å². The van der Waals surface area contributed by atoms with Crippen molar-refractivity contribution in [3.8, 4) is 89.8 Å². The lowest BCUT2D eigenvalue weighted by molar-refractivity contribution is 0.632. The first-order valence-electron chi connectivity index (χ1n) is 27.4. The molecule has 8 heteroatoms. The molecule has 402 valence electrons. The lowest BCUT2D eigenvalue weighted by atomic mass is 9.95. The molecule has 0 saturated carbocycles. The predicted molar refractivity (Wildman–Crippen MR) is 364 cm³/mol. The van der Waals surface area contributed by atoms with E-state index < -0.39 is 0 Å². The molecule has 0 bridgehead atoms. The van der Waals surface area contributed by atoms with Crippen molar-refractivity contribution in [2.45, 2.75) is 0 Å². The van der Waals surface area contributed by atoms with Gasteiger partial charge in [0, 0.05) is 125 Å². The van der Waals surface area contributed by atoms with Gasteiger partial charge in [-0.05, 0) is 90.5 Å². The molecule has 4 heterocycles. The van der Waals surface area contributed by atoms with Crippen molar-refractivity contribution in [1.29, 1.82) is 0 Å². The zero-order chi connectivity index (χ0) is 56.7. The summed E-state index contributed by atoms with van der Waals surface area (Å²) in [4.78, 5) is 0. The maximum Gasteiger partial charge on any atom is 0.144 e. The predicted octanol–water partition coefficient (Wildman–Crippen LogP) is 25.2. The van der Waals surface area contributed by atoms with E-state index in [1.165, 1.54) is 0 Å². The van der Waals surface area contributed by atoms with Gasteiger partial charge in [0.15, 0.2) is 0 Å². The molecule has 0 aliphatic carbocycles. The molecule has 0 atom stereocenters. The summed E-state index contributed by atoms with van der Waals surface area (Å²) in [5, 5.41) is 8.29. The minimum Gasteiger partial charge on any atom is -0.455 e. The van der Waals surface area contributed by atoms with Crippen LogP contribution >= 0.6 is 60.1 Å². The van der Waals surface area contributed by atoms with Crippen LogP contribution in [0.4, 0.5) is 0 Å². The minimum atomic E-state index is 0.818. The average Bonchev–Trinajstić information content (AvgIpc) is 2.37. The fraction of sp³-hybridized carbons (Fsp3) is 0. The fourth-order valence-electron chi connectivity index (χ4n) is 11.9. The number of rotatable bonds is 8. The smallest absolute Gasteiger partial charge is 0.144 e. The summed E-state index contributed by atoms with van der Waals surface area (Å²) in [5.41, 5.74) is 16.4. The zero-order valence-corrected chi connectivity index (χ0v) is 51.0. The molecular formula is C76H46Br4O4. The van der Waals surface area contributed by atoms with Gasteiger partial charge in [-0.15, -0.1) is 0 Å². The molecule has 16 aromatic rings. The second-order valence-electron chi connectivity index (χ2n) is 20.4. The Labute approximate surface area is 516 Å². The Morgan fingerprint density at radius 1 is 0.202 bits per heavy atom. The van der Waals surface area contributed by atoms with Gasteiger partial charge < -0.3 is 17.7 Å². The summed E-state index contributed by atoms with van der Waals surface area (Å²) in [5.74, 6) is 3.45. The Morgan fingerprint density at radius 2 is 0.405 bits per heavy atom. The first-order chi connectivity index (χ1) is 41.6. The number of furan rings is 4. The summed E-state index contributed by atoms with van der Waals surface area (Å²) >= 11 is 13.4. The maximum atomic E-state index is 6.85. The van der Waals surface area contributed by atoms with Crippen molar-refractivity contribution in [2.75, 3.05) is 0 Å². The normalized spacial score (nSPS) is 11.3. The van der Waals surface area contributed by atoms with Crippen molar-refractivity contribution >= 4 is 126 Å². The third-order valence-corrected chi connectivity index (χ3v) is 16.8. The van der Waals surface area contributed by atoms with Gasteiger partial charge in [0.2, 0.25) is 0 Å². The van der Waals surface area contributed by atoms with Crippen LogP contribution in [0.3, 0.4) is 0 Å². The van der Waals surface area contributed by atoms with Crippen LogP contribution in [-0.2, 0) is 0 Å². The van der Waals surface area contributed by atoms with E-state index in [-0.39, 0.29) is 0 Å². The van der Waals surface area contributed by atoms with E-state index in [2.05, 4.69) is 266 Å².